The molecule has 2 aromatic carbocycles. The molecule has 8 heteroatoms. The molecule has 0 bridgehead atoms. The summed E-state index contributed by atoms with van der Waals surface area (Å²) in [7, 11) is -3.57. The van der Waals surface area contributed by atoms with Gasteiger partial charge in [0.1, 0.15) is 0 Å². The predicted molar refractivity (Wildman–Crippen MR) is 134 cm³/mol. The highest BCUT2D eigenvalue weighted by Crippen LogP contribution is 2.37. The topological polar surface area (TPSA) is 60.9 Å². The highest BCUT2D eigenvalue weighted by Gasteiger charge is 2.37. The van der Waals surface area contributed by atoms with E-state index in [-0.39, 0.29) is 18.0 Å². The molecule has 0 N–H and O–H groups in total. The number of rotatable bonds is 5. The van der Waals surface area contributed by atoms with Crippen LogP contribution in [0.2, 0.25) is 0 Å². The molecule has 6 nitrogen and oxygen atoms in total. The van der Waals surface area contributed by atoms with Gasteiger partial charge in [0.25, 0.3) is 0 Å². The Morgan fingerprint density at radius 1 is 0.971 bits per heavy atom. The van der Waals surface area contributed by atoms with Crippen molar-refractivity contribution in [2.75, 3.05) is 32.7 Å². The van der Waals surface area contributed by atoms with Gasteiger partial charge in [0, 0.05) is 37.1 Å². The van der Waals surface area contributed by atoms with Gasteiger partial charge in [0.2, 0.25) is 15.9 Å². The second-order valence-corrected chi connectivity index (χ2v) is 11.8. The number of fused-ring (bicyclic) bond motifs is 1. The summed E-state index contributed by atoms with van der Waals surface area (Å²) in [4.78, 5) is 19.2. The lowest BCUT2D eigenvalue weighted by molar-refractivity contribution is -0.135. The third-order valence-electron chi connectivity index (χ3n) is 6.79. The van der Waals surface area contributed by atoms with Crippen molar-refractivity contribution in [2.45, 2.75) is 30.3 Å². The zero-order chi connectivity index (χ0) is 23.7. The van der Waals surface area contributed by atoms with Gasteiger partial charge in [-0.05, 0) is 48.1 Å². The van der Waals surface area contributed by atoms with Crippen molar-refractivity contribution in [3.05, 3.63) is 88.1 Å². The lowest BCUT2D eigenvalue weighted by atomic mass is 9.93. The SMILES string of the molecule is C[C@H]1CN(C(=O)CN2CCc3sccc3[C@@H]2c2ccccc2)CCN1S(=O)(=O)c1ccccc1. The van der Waals surface area contributed by atoms with Gasteiger partial charge in [-0.25, -0.2) is 8.42 Å². The number of nitrogens with zero attached hydrogens (tertiary/aromatic N) is 3. The first-order chi connectivity index (χ1) is 16.4. The van der Waals surface area contributed by atoms with Gasteiger partial charge in [0.05, 0.1) is 17.5 Å². The van der Waals surface area contributed by atoms with Crippen molar-refractivity contribution in [3.63, 3.8) is 0 Å². The van der Waals surface area contributed by atoms with Crippen molar-refractivity contribution < 1.29 is 13.2 Å². The van der Waals surface area contributed by atoms with E-state index in [1.807, 2.05) is 30.0 Å². The van der Waals surface area contributed by atoms with Gasteiger partial charge in [-0.3, -0.25) is 9.69 Å². The standard InChI is InChI=1S/C26H29N3O3S2/c1-20-18-27(15-16-29(20)34(31,32)22-10-6-3-7-11-22)25(30)19-28-14-12-24-23(13-17-33-24)26(28)21-8-4-2-5-9-21/h2-11,13,17,20,26H,12,14-16,18-19H2,1H3/t20-,26-/m0/s1. The summed E-state index contributed by atoms with van der Waals surface area (Å²) in [6.45, 7) is 4.15. The minimum absolute atomic E-state index is 0.0585. The fourth-order valence-corrected chi connectivity index (χ4v) is 7.63. The Morgan fingerprint density at radius 3 is 2.38 bits per heavy atom. The van der Waals surface area contributed by atoms with Gasteiger partial charge in [-0.15, -0.1) is 11.3 Å². The minimum atomic E-state index is -3.57. The van der Waals surface area contributed by atoms with Crippen LogP contribution in [0, 0.1) is 0 Å². The first-order valence-corrected chi connectivity index (χ1v) is 14.0. The Kier molecular flexibility index (Phi) is 6.57. The van der Waals surface area contributed by atoms with E-state index < -0.39 is 10.0 Å². The van der Waals surface area contributed by atoms with E-state index >= 15 is 0 Å². The van der Waals surface area contributed by atoms with Crippen molar-refractivity contribution in [1.29, 1.82) is 0 Å². The number of carbonyl (C=O) groups is 1. The first-order valence-electron chi connectivity index (χ1n) is 11.6. The molecule has 0 saturated carbocycles. The second kappa shape index (κ2) is 9.62. The molecule has 1 fully saturated rings. The Balaban J connectivity index is 1.30. The number of piperazine rings is 1. The maximum absolute atomic E-state index is 13.4. The van der Waals surface area contributed by atoms with Crippen LogP contribution in [0.5, 0.6) is 0 Å². The van der Waals surface area contributed by atoms with Crippen LogP contribution >= 0.6 is 11.3 Å². The van der Waals surface area contributed by atoms with Gasteiger partial charge in [-0.1, -0.05) is 48.5 Å². The van der Waals surface area contributed by atoms with E-state index in [1.54, 1.807) is 41.7 Å². The van der Waals surface area contributed by atoms with E-state index in [0.29, 0.717) is 31.1 Å². The van der Waals surface area contributed by atoms with Crippen LogP contribution in [-0.2, 0) is 21.2 Å². The number of hydrogen-bond donors (Lipinski definition) is 0. The summed E-state index contributed by atoms with van der Waals surface area (Å²) < 4.78 is 27.7. The largest absolute Gasteiger partial charge is 0.339 e. The van der Waals surface area contributed by atoms with Crippen molar-refractivity contribution in [1.82, 2.24) is 14.1 Å². The highest BCUT2D eigenvalue weighted by molar-refractivity contribution is 7.89. The van der Waals surface area contributed by atoms with Crippen LogP contribution in [0.3, 0.4) is 0 Å². The van der Waals surface area contributed by atoms with Gasteiger partial charge in [0.15, 0.2) is 0 Å². The molecule has 0 aliphatic carbocycles. The number of carbonyl (C=O) groups excluding carboxylic acids is 1. The average molecular weight is 496 g/mol. The van der Waals surface area contributed by atoms with Crippen molar-refractivity contribution in [3.8, 4) is 0 Å². The fourth-order valence-electron chi connectivity index (χ4n) is 5.09. The van der Waals surface area contributed by atoms with Gasteiger partial charge < -0.3 is 4.90 Å². The molecule has 0 radical (unpaired) electrons. The number of amides is 1. The molecular weight excluding hydrogens is 466 g/mol. The molecule has 3 heterocycles. The number of hydrogen-bond acceptors (Lipinski definition) is 5. The normalized spacial score (nSPS) is 21.9. The Labute approximate surface area is 205 Å². The van der Waals surface area contributed by atoms with Crippen LogP contribution in [0.15, 0.2) is 77.0 Å². The summed E-state index contributed by atoms with van der Waals surface area (Å²) >= 11 is 1.79. The Bertz CT molecular complexity index is 1240. The second-order valence-electron chi connectivity index (χ2n) is 8.95. The molecule has 34 heavy (non-hydrogen) atoms. The molecule has 2 aliphatic rings. The zero-order valence-electron chi connectivity index (χ0n) is 19.2. The van der Waals surface area contributed by atoms with E-state index in [1.165, 1.54) is 20.3 Å². The van der Waals surface area contributed by atoms with E-state index in [2.05, 4.69) is 28.5 Å². The van der Waals surface area contributed by atoms with Crippen molar-refractivity contribution in [2.24, 2.45) is 0 Å². The molecular formula is C26H29N3O3S2. The van der Waals surface area contributed by atoms with Gasteiger partial charge >= 0.3 is 0 Å². The van der Waals surface area contributed by atoms with E-state index in [0.717, 1.165) is 13.0 Å². The fraction of sp³-hybridized carbons (Fsp3) is 0.346. The Hall–Kier alpha value is -2.52. The maximum Gasteiger partial charge on any atom is 0.243 e. The van der Waals surface area contributed by atoms with Gasteiger partial charge in [-0.2, -0.15) is 4.31 Å². The third-order valence-corrected chi connectivity index (χ3v) is 9.81. The summed E-state index contributed by atoms with van der Waals surface area (Å²) in [6, 6.07) is 20.9. The molecule has 2 aliphatic heterocycles. The minimum Gasteiger partial charge on any atom is -0.339 e. The Morgan fingerprint density at radius 2 is 1.68 bits per heavy atom. The van der Waals surface area contributed by atoms with Crippen LogP contribution in [0.4, 0.5) is 0 Å². The zero-order valence-corrected chi connectivity index (χ0v) is 20.8. The molecule has 0 unspecified atom stereocenters. The quantitative estimate of drug-likeness (QED) is 0.543. The first kappa shape index (κ1) is 23.2. The summed E-state index contributed by atoms with van der Waals surface area (Å²) in [6.07, 6.45) is 0.948. The van der Waals surface area contributed by atoms with Crippen LogP contribution in [0.25, 0.3) is 0 Å². The third kappa shape index (κ3) is 4.43. The summed E-state index contributed by atoms with van der Waals surface area (Å²) in [5.74, 6) is 0.0585. The summed E-state index contributed by atoms with van der Waals surface area (Å²) in [5.41, 5.74) is 2.49. The molecule has 2 atom stereocenters. The molecule has 178 valence electrons. The van der Waals surface area contributed by atoms with Crippen LogP contribution < -0.4 is 0 Å². The predicted octanol–water partition coefficient (Wildman–Crippen LogP) is 3.62. The van der Waals surface area contributed by atoms with E-state index in [4.69, 9.17) is 0 Å². The molecule has 1 amide bonds. The van der Waals surface area contributed by atoms with Crippen LogP contribution in [-0.4, -0.2) is 67.2 Å². The molecule has 1 aromatic heterocycles. The maximum atomic E-state index is 13.4. The number of thiophene rings is 1. The molecule has 1 saturated heterocycles. The molecule has 5 rings (SSSR count). The molecule has 0 spiro atoms. The highest BCUT2D eigenvalue weighted by atomic mass is 32.2. The lowest BCUT2D eigenvalue weighted by Crippen LogP contribution is -2.57. The molecule has 3 aromatic rings. The monoisotopic (exact) mass is 495 g/mol. The van der Waals surface area contributed by atoms with E-state index in [9.17, 15) is 13.2 Å². The summed E-state index contributed by atoms with van der Waals surface area (Å²) in [5, 5.41) is 2.14. The number of benzene rings is 2. The smallest absolute Gasteiger partial charge is 0.243 e. The number of sulfonamides is 1. The lowest BCUT2D eigenvalue weighted by Gasteiger charge is -2.41. The average Bonchev–Trinajstić information content (AvgIpc) is 3.33. The van der Waals surface area contributed by atoms with Crippen LogP contribution in [0.1, 0.15) is 29.0 Å². The van der Waals surface area contributed by atoms with Crippen molar-refractivity contribution >= 4 is 27.3 Å².